The summed E-state index contributed by atoms with van der Waals surface area (Å²) in [6, 6.07) is 7.62. The first-order valence-electron chi connectivity index (χ1n) is 11.5. The van der Waals surface area contributed by atoms with Crippen LogP contribution < -0.4 is 0 Å². The number of alkyl halides is 3. The topological polar surface area (TPSA) is 26.3 Å². The molecule has 0 radical (unpaired) electrons. The smallest absolute Gasteiger partial charge is 0.412 e. The molecule has 2 nitrogen and oxygen atoms in total. The lowest BCUT2D eigenvalue weighted by molar-refractivity contribution is -0.0821. The molecule has 6 heteroatoms. The molecule has 0 aromatic heterocycles. The summed E-state index contributed by atoms with van der Waals surface area (Å²) in [5, 5.41) is 0. The van der Waals surface area contributed by atoms with Gasteiger partial charge in [-0.05, 0) is 80.9 Å². The van der Waals surface area contributed by atoms with E-state index < -0.39 is 23.9 Å². The predicted octanol–water partition coefficient (Wildman–Crippen LogP) is 7.89. The number of allylic oxidation sites excluding steroid dienone is 2. The van der Waals surface area contributed by atoms with Crippen LogP contribution in [0, 0.1) is 11.8 Å². The zero-order chi connectivity index (χ0) is 22.4. The molecule has 0 atom stereocenters. The van der Waals surface area contributed by atoms with E-state index in [1.165, 1.54) is 44.1 Å². The summed E-state index contributed by atoms with van der Waals surface area (Å²) < 4.78 is 56.2. The highest BCUT2D eigenvalue weighted by molar-refractivity contribution is 5.89. The van der Waals surface area contributed by atoms with Crippen LogP contribution in [0.2, 0.25) is 0 Å². The van der Waals surface area contributed by atoms with E-state index >= 15 is 0 Å². The zero-order valence-corrected chi connectivity index (χ0v) is 18.1. The van der Waals surface area contributed by atoms with E-state index in [0.29, 0.717) is 24.3 Å². The molecule has 2 saturated carbocycles. The fraction of sp³-hybridized carbons (Fsp3) is 0.640. The maximum absolute atomic E-state index is 13.7. The van der Waals surface area contributed by atoms with Gasteiger partial charge in [-0.25, -0.2) is 9.18 Å². The van der Waals surface area contributed by atoms with Crippen molar-refractivity contribution in [2.75, 3.05) is 0 Å². The van der Waals surface area contributed by atoms with Gasteiger partial charge in [-0.2, -0.15) is 13.2 Å². The highest BCUT2D eigenvalue weighted by atomic mass is 19.4. The number of ether oxygens (including phenoxy) is 1. The van der Waals surface area contributed by atoms with Crippen molar-refractivity contribution < 1.29 is 27.1 Å². The van der Waals surface area contributed by atoms with Crippen molar-refractivity contribution >= 4 is 5.97 Å². The number of hydrogen-bond donors (Lipinski definition) is 0. The number of halogens is 4. The molecule has 2 aliphatic rings. The maximum Gasteiger partial charge on any atom is 0.412 e. The van der Waals surface area contributed by atoms with Gasteiger partial charge in [0.15, 0.2) is 0 Å². The van der Waals surface area contributed by atoms with Crippen LogP contribution in [0.4, 0.5) is 17.6 Å². The van der Waals surface area contributed by atoms with Crippen LogP contribution in [0.3, 0.4) is 0 Å². The zero-order valence-electron chi connectivity index (χ0n) is 18.1. The second kappa shape index (κ2) is 10.6. The van der Waals surface area contributed by atoms with Gasteiger partial charge < -0.3 is 4.74 Å². The van der Waals surface area contributed by atoms with Crippen molar-refractivity contribution in [2.24, 2.45) is 11.8 Å². The molecule has 0 aliphatic heterocycles. The molecule has 0 N–H and O–H groups in total. The largest absolute Gasteiger partial charge is 0.459 e. The summed E-state index contributed by atoms with van der Waals surface area (Å²) in [5.41, 5.74) is 1.74. The van der Waals surface area contributed by atoms with Gasteiger partial charge in [-0.3, -0.25) is 0 Å². The third kappa shape index (κ3) is 7.08. The molecule has 0 spiro atoms. The minimum Gasteiger partial charge on any atom is -0.459 e. The molecule has 2 fully saturated rings. The van der Waals surface area contributed by atoms with Crippen LogP contribution in [0.25, 0.3) is 0 Å². The molecule has 0 amide bonds. The first-order chi connectivity index (χ1) is 14.7. The Morgan fingerprint density at radius 2 is 1.61 bits per heavy atom. The van der Waals surface area contributed by atoms with Gasteiger partial charge >= 0.3 is 12.1 Å². The summed E-state index contributed by atoms with van der Waals surface area (Å²) in [5.74, 6) is -0.899. The molecule has 172 valence electrons. The van der Waals surface area contributed by atoms with Crippen molar-refractivity contribution in [2.45, 2.75) is 89.3 Å². The van der Waals surface area contributed by atoms with E-state index in [9.17, 15) is 22.4 Å². The Labute approximate surface area is 182 Å². The summed E-state index contributed by atoms with van der Waals surface area (Å²) in [7, 11) is 0. The fourth-order valence-corrected chi connectivity index (χ4v) is 5.03. The average molecular weight is 441 g/mol. The summed E-state index contributed by atoms with van der Waals surface area (Å²) in [6.07, 6.45) is 3.42. The number of hydrogen-bond acceptors (Lipinski definition) is 2. The van der Waals surface area contributed by atoms with E-state index in [2.05, 4.69) is 6.92 Å². The standard InChI is InChI=1S/C25H32F4O2/c1-2-3-17-4-6-18(7-5-17)19-8-10-21(11-9-19)24(30)31-22-14-12-20(13-15-22)23(26)16-25(27,28)29/h8-11,16-18,20,22H,2-7,12-15H2,1H3. The Kier molecular flexibility index (Phi) is 8.17. The highest BCUT2D eigenvalue weighted by Crippen LogP contribution is 2.38. The molecule has 2 aliphatic carbocycles. The summed E-state index contributed by atoms with van der Waals surface area (Å²) in [4.78, 5) is 12.5. The van der Waals surface area contributed by atoms with Gasteiger partial charge in [0.05, 0.1) is 11.6 Å². The number of benzene rings is 1. The maximum atomic E-state index is 13.7. The molecule has 1 aromatic rings. The second-order valence-electron chi connectivity index (χ2n) is 9.08. The molecule has 1 aromatic carbocycles. The molecule has 0 unspecified atom stereocenters. The SMILES string of the molecule is CCCC1CCC(c2ccc(C(=O)OC3CCC(C(F)=CC(F)(F)F)CC3)cc2)CC1. The van der Waals surface area contributed by atoms with E-state index in [4.69, 9.17) is 4.74 Å². The van der Waals surface area contributed by atoms with E-state index in [1.54, 1.807) is 12.1 Å². The number of carbonyl (C=O) groups excluding carboxylic acids is 1. The third-order valence-corrected chi connectivity index (χ3v) is 6.80. The van der Waals surface area contributed by atoms with Crippen LogP contribution in [0.1, 0.15) is 93.0 Å². The number of rotatable bonds is 6. The Balaban J connectivity index is 1.47. The number of carbonyl (C=O) groups is 1. The summed E-state index contributed by atoms with van der Waals surface area (Å²) >= 11 is 0. The van der Waals surface area contributed by atoms with Crippen LogP contribution in [0.15, 0.2) is 36.2 Å². The Bertz CT molecular complexity index is 738. The van der Waals surface area contributed by atoms with Crippen molar-refractivity contribution in [1.82, 2.24) is 0 Å². The quantitative estimate of drug-likeness (QED) is 0.332. The predicted molar refractivity (Wildman–Crippen MR) is 112 cm³/mol. The van der Waals surface area contributed by atoms with E-state index in [1.807, 2.05) is 12.1 Å². The Morgan fingerprint density at radius 3 is 2.16 bits per heavy atom. The van der Waals surface area contributed by atoms with Gasteiger partial charge in [0.25, 0.3) is 0 Å². The van der Waals surface area contributed by atoms with Gasteiger partial charge in [-0.1, -0.05) is 31.9 Å². The highest BCUT2D eigenvalue weighted by Gasteiger charge is 2.31. The molecular formula is C25H32F4O2. The van der Waals surface area contributed by atoms with Crippen LogP contribution in [-0.2, 0) is 4.74 Å². The Morgan fingerprint density at radius 1 is 1.00 bits per heavy atom. The molecule has 0 heterocycles. The van der Waals surface area contributed by atoms with Gasteiger partial charge in [0.2, 0.25) is 0 Å². The molecule has 31 heavy (non-hydrogen) atoms. The monoisotopic (exact) mass is 440 g/mol. The van der Waals surface area contributed by atoms with Crippen molar-refractivity contribution in [1.29, 1.82) is 0 Å². The number of esters is 1. The van der Waals surface area contributed by atoms with Crippen molar-refractivity contribution in [3.63, 3.8) is 0 Å². The van der Waals surface area contributed by atoms with Crippen molar-refractivity contribution in [3.05, 3.63) is 47.3 Å². The van der Waals surface area contributed by atoms with Crippen LogP contribution >= 0.6 is 0 Å². The first kappa shape index (κ1) is 23.8. The summed E-state index contributed by atoms with van der Waals surface area (Å²) in [6.45, 7) is 2.23. The lowest BCUT2D eigenvalue weighted by Gasteiger charge is -2.29. The average Bonchev–Trinajstić information content (AvgIpc) is 2.74. The Hall–Kier alpha value is -1.85. The van der Waals surface area contributed by atoms with Gasteiger partial charge in [0.1, 0.15) is 11.9 Å². The van der Waals surface area contributed by atoms with Gasteiger partial charge in [0, 0.05) is 5.92 Å². The molecule has 0 saturated heterocycles. The third-order valence-electron chi connectivity index (χ3n) is 6.80. The fourth-order valence-electron chi connectivity index (χ4n) is 5.03. The lowest BCUT2D eigenvalue weighted by Crippen LogP contribution is -2.25. The minimum atomic E-state index is -4.64. The molecular weight excluding hydrogens is 408 g/mol. The first-order valence-corrected chi connectivity index (χ1v) is 11.5. The lowest BCUT2D eigenvalue weighted by atomic mass is 9.77. The molecule has 3 rings (SSSR count). The normalized spacial score (nSPS) is 27.7. The van der Waals surface area contributed by atoms with E-state index in [-0.39, 0.29) is 25.0 Å². The second-order valence-corrected chi connectivity index (χ2v) is 9.08. The minimum absolute atomic E-state index is 0.246. The molecule has 0 bridgehead atoms. The van der Waals surface area contributed by atoms with Crippen LogP contribution in [-0.4, -0.2) is 18.2 Å². The van der Waals surface area contributed by atoms with Gasteiger partial charge in [-0.15, -0.1) is 0 Å². The van der Waals surface area contributed by atoms with Crippen molar-refractivity contribution in [3.8, 4) is 0 Å². The van der Waals surface area contributed by atoms with Crippen LogP contribution in [0.5, 0.6) is 0 Å². The van der Waals surface area contributed by atoms with E-state index in [0.717, 1.165) is 5.92 Å².